The number of hydrogen-bond donors (Lipinski definition) is 2. The van der Waals surface area contributed by atoms with E-state index in [-0.39, 0.29) is 18.5 Å². The van der Waals surface area contributed by atoms with E-state index in [2.05, 4.69) is 6.58 Å². The van der Waals surface area contributed by atoms with Crippen LogP contribution in [0.5, 0.6) is 0 Å². The normalized spacial score (nSPS) is 12.2. The second-order valence-corrected chi connectivity index (χ2v) is 2.61. The number of ketones is 1. The molecule has 4 nitrogen and oxygen atoms in total. The van der Waals surface area contributed by atoms with Gasteiger partial charge in [0, 0.05) is 0 Å². The van der Waals surface area contributed by atoms with E-state index in [1.807, 2.05) is 0 Å². The highest BCUT2D eigenvalue weighted by Crippen LogP contribution is 2.08. The van der Waals surface area contributed by atoms with Gasteiger partial charge in [-0.1, -0.05) is 6.58 Å². The standard InChI is InChI=1S/C8H13NO3/c1-5(2)7(10)6(3-4-9)8(11)12/h6H,1,3-4,9H2,2H3,(H,11,12). The van der Waals surface area contributed by atoms with E-state index >= 15 is 0 Å². The molecule has 1 unspecified atom stereocenters. The van der Waals surface area contributed by atoms with Crippen LogP contribution in [-0.4, -0.2) is 23.4 Å². The molecule has 1 atom stereocenters. The van der Waals surface area contributed by atoms with Gasteiger partial charge in [0.15, 0.2) is 5.78 Å². The minimum absolute atomic E-state index is 0.168. The Kier molecular flexibility index (Phi) is 4.21. The maximum absolute atomic E-state index is 11.1. The van der Waals surface area contributed by atoms with Crippen molar-refractivity contribution in [2.24, 2.45) is 11.7 Å². The van der Waals surface area contributed by atoms with Crippen LogP contribution in [0.3, 0.4) is 0 Å². The van der Waals surface area contributed by atoms with Crippen molar-refractivity contribution in [3.8, 4) is 0 Å². The predicted molar refractivity (Wildman–Crippen MR) is 44.6 cm³/mol. The van der Waals surface area contributed by atoms with E-state index < -0.39 is 17.7 Å². The average molecular weight is 171 g/mol. The summed E-state index contributed by atoms with van der Waals surface area (Å²) in [5, 5.41) is 8.61. The molecule has 0 saturated carbocycles. The van der Waals surface area contributed by atoms with Gasteiger partial charge < -0.3 is 10.8 Å². The van der Waals surface area contributed by atoms with Gasteiger partial charge in [-0.05, 0) is 25.5 Å². The topological polar surface area (TPSA) is 80.4 Å². The van der Waals surface area contributed by atoms with Gasteiger partial charge in [-0.15, -0.1) is 0 Å². The molecule has 68 valence electrons. The van der Waals surface area contributed by atoms with Crippen molar-refractivity contribution >= 4 is 11.8 Å². The number of nitrogens with two attached hydrogens (primary N) is 1. The van der Waals surface area contributed by atoms with E-state index in [1.54, 1.807) is 0 Å². The zero-order valence-electron chi connectivity index (χ0n) is 7.04. The molecule has 0 radical (unpaired) electrons. The van der Waals surface area contributed by atoms with Gasteiger partial charge in [0.2, 0.25) is 0 Å². The third-order valence-electron chi connectivity index (χ3n) is 1.49. The van der Waals surface area contributed by atoms with Crippen LogP contribution in [0, 0.1) is 5.92 Å². The number of rotatable bonds is 5. The lowest BCUT2D eigenvalue weighted by Gasteiger charge is -2.08. The smallest absolute Gasteiger partial charge is 0.314 e. The summed E-state index contributed by atoms with van der Waals surface area (Å²) in [5.41, 5.74) is 5.42. The summed E-state index contributed by atoms with van der Waals surface area (Å²) in [6.07, 6.45) is 0.168. The lowest BCUT2D eigenvalue weighted by Crippen LogP contribution is -2.26. The Labute approximate surface area is 71.1 Å². The molecule has 0 rings (SSSR count). The third-order valence-corrected chi connectivity index (χ3v) is 1.49. The van der Waals surface area contributed by atoms with Crippen molar-refractivity contribution in [3.63, 3.8) is 0 Å². The maximum atomic E-state index is 11.1. The van der Waals surface area contributed by atoms with Gasteiger partial charge in [0.05, 0.1) is 0 Å². The summed E-state index contributed by atoms with van der Waals surface area (Å²) in [6, 6.07) is 0. The van der Waals surface area contributed by atoms with Crippen LogP contribution in [0.2, 0.25) is 0 Å². The lowest BCUT2D eigenvalue weighted by atomic mass is 9.96. The minimum Gasteiger partial charge on any atom is -0.481 e. The highest BCUT2D eigenvalue weighted by atomic mass is 16.4. The fourth-order valence-electron chi connectivity index (χ4n) is 0.831. The second-order valence-electron chi connectivity index (χ2n) is 2.61. The number of carbonyl (C=O) groups is 2. The molecule has 0 aliphatic rings. The maximum Gasteiger partial charge on any atom is 0.314 e. The van der Waals surface area contributed by atoms with Gasteiger partial charge >= 0.3 is 5.97 Å². The molecule has 0 heterocycles. The number of aliphatic carboxylic acids is 1. The van der Waals surface area contributed by atoms with E-state index in [4.69, 9.17) is 10.8 Å². The summed E-state index contributed by atoms with van der Waals surface area (Å²) in [7, 11) is 0. The molecule has 0 spiro atoms. The number of allylic oxidation sites excluding steroid dienone is 1. The zero-order valence-corrected chi connectivity index (χ0v) is 7.04. The first-order valence-electron chi connectivity index (χ1n) is 3.63. The molecule has 0 aliphatic heterocycles. The fourth-order valence-corrected chi connectivity index (χ4v) is 0.831. The van der Waals surface area contributed by atoms with Crippen molar-refractivity contribution in [3.05, 3.63) is 12.2 Å². The SMILES string of the molecule is C=C(C)C(=O)C(CCN)C(=O)O. The molecule has 4 heteroatoms. The molecular weight excluding hydrogens is 158 g/mol. The van der Waals surface area contributed by atoms with Gasteiger partial charge in [-0.2, -0.15) is 0 Å². The molecule has 0 fully saturated rings. The van der Waals surface area contributed by atoms with E-state index in [1.165, 1.54) is 6.92 Å². The van der Waals surface area contributed by atoms with Crippen LogP contribution in [0.4, 0.5) is 0 Å². The van der Waals surface area contributed by atoms with Gasteiger partial charge in [-0.3, -0.25) is 9.59 Å². The van der Waals surface area contributed by atoms with Crippen LogP contribution in [0.1, 0.15) is 13.3 Å². The molecular formula is C8H13NO3. The van der Waals surface area contributed by atoms with Crippen molar-refractivity contribution in [2.75, 3.05) is 6.54 Å². The van der Waals surface area contributed by atoms with E-state index in [9.17, 15) is 9.59 Å². The first-order valence-corrected chi connectivity index (χ1v) is 3.63. The number of carboxylic acid groups (broad SMARTS) is 1. The van der Waals surface area contributed by atoms with E-state index in [0.717, 1.165) is 0 Å². The van der Waals surface area contributed by atoms with Crippen molar-refractivity contribution < 1.29 is 14.7 Å². The van der Waals surface area contributed by atoms with Gasteiger partial charge in [-0.25, -0.2) is 0 Å². The number of carboxylic acids is 1. The van der Waals surface area contributed by atoms with Crippen LogP contribution < -0.4 is 5.73 Å². The summed E-state index contributed by atoms with van der Waals surface area (Å²) in [6.45, 7) is 5.07. The monoisotopic (exact) mass is 171 g/mol. The molecule has 0 saturated heterocycles. The first-order chi connectivity index (χ1) is 5.50. The Morgan fingerprint density at radius 1 is 1.58 bits per heavy atom. The molecule has 0 bridgehead atoms. The molecule has 12 heavy (non-hydrogen) atoms. The van der Waals surface area contributed by atoms with Gasteiger partial charge in [0.25, 0.3) is 0 Å². The molecule has 0 aliphatic carbocycles. The van der Waals surface area contributed by atoms with Gasteiger partial charge in [0.1, 0.15) is 5.92 Å². The number of Topliss-reactive ketones (excluding diaryl/α,β-unsaturated/α-hetero) is 1. The minimum atomic E-state index is -1.13. The fraction of sp³-hybridized carbons (Fsp3) is 0.500. The number of hydrogen-bond acceptors (Lipinski definition) is 3. The van der Waals surface area contributed by atoms with Crippen molar-refractivity contribution in [1.29, 1.82) is 0 Å². The summed E-state index contributed by atoms with van der Waals surface area (Å²) < 4.78 is 0. The summed E-state index contributed by atoms with van der Waals surface area (Å²) in [5.74, 6) is -2.59. The van der Waals surface area contributed by atoms with Crippen molar-refractivity contribution in [2.45, 2.75) is 13.3 Å². The predicted octanol–water partition coefficient (Wildman–Crippen LogP) is 0.181. The highest BCUT2D eigenvalue weighted by molar-refractivity contribution is 6.07. The Morgan fingerprint density at radius 2 is 2.08 bits per heavy atom. The highest BCUT2D eigenvalue weighted by Gasteiger charge is 2.25. The van der Waals surface area contributed by atoms with Crippen molar-refractivity contribution in [1.82, 2.24) is 0 Å². The Balaban J connectivity index is 4.40. The molecule has 0 aromatic heterocycles. The van der Waals surface area contributed by atoms with Crippen LogP contribution in [0.15, 0.2) is 12.2 Å². The molecule has 0 aromatic rings. The molecule has 0 amide bonds. The largest absolute Gasteiger partial charge is 0.481 e. The average Bonchev–Trinajstić information content (AvgIpc) is 1.98. The number of carbonyl (C=O) groups excluding carboxylic acids is 1. The van der Waals surface area contributed by atoms with Crippen LogP contribution >= 0.6 is 0 Å². The quantitative estimate of drug-likeness (QED) is 0.456. The summed E-state index contributed by atoms with van der Waals surface area (Å²) >= 11 is 0. The molecule has 0 aromatic carbocycles. The Hall–Kier alpha value is -1.16. The Bertz CT molecular complexity index is 210. The Morgan fingerprint density at radius 3 is 2.33 bits per heavy atom. The first kappa shape index (κ1) is 10.8. The zero-order chi connectivity index (χ0) is 9.72. The van der Waals surface area contributed by atoms with Crippen LogP contribution in [0.25, 0.3) is 0 Å². The van der Waals surface area contributed by atoms with E-state index in [0.29, 0.717) is 0 Å². The lowest BCUT2D eigenvalue weighted by molar-refractivity contribution is -0.145. The third kappa shape index (κ3) is 2.84. The molecule has 3 N–H and O–H groups in total. The summed E-state index contributed by atoms with van der Waals surface area (Å²) in [4.78, 5) is 21.7. The van der Waals surface area contributed by atoms with Crippen LogP contribution in [-0.2, 0) is 9.59 Å². The second kappa shape index (κ2) is 4.66.